The van der Waals surface area contributed by atoms with Gasteiger partial charge in [0.25, 0.3) is 0 Å². The molecule has 2 aliphatic rings. The van der Waals surface area contributed by atoms with E-state index < -0.39 is 0 Å². The Hall–Kier alpha value is -0.930. The molecule has 2 heterocycles. The maximum Gasteiger partial charge on any atom is 0.123 e. The first-order valence-electron chi connectivity index (χ1n) is 7.74. The molecule has 2 fully saturated rings. The van der Waals surface area contributed by atoms with Crippen molar-refractivity contribution in [3.63, 3.8) is 0 Å². The van der Waals surface area contributed by atoms with E-state index in [0.29, 0.717) is 0 Å². The molecule has 1 aromatic carbocycles. The molecule has 2 aliphatic heterocycles. The molecule has 0 unspecified atom stereocenters. The molecule has 0 amide bonds. The lowest BCUT2D eigenvalue weighted by Gasteiger charge is -2.32. The van der Waals surface area contributed by atoms with E-state index in [1.54, 1.807) is 11.0 Å². The van der Waals surface area contributed by atoms with Gasteiger partial charge in [0.1, 0.15) is 12.4 Å². The third-order valence-corrected chi connectivity index (χ3v) is 4.86. The number of likely N-dealkylation sites (tertiary alicyclic amines) is 2. The summed E-state index contributed by atoms with van der Waals surface area (Å²) in [6.45, 7) is 6.28. The zero-order valence-electron chi connectivity index (χ0n) is 11.6. The summed E-state index contributed by atoms with van der Waals surface area (Å²) in [4.78, 5) is 3.48. The highest BCUT2D eigenvalue weighted by molar-refractivity contribution is 5.14. The van der Waals surface area contributed by atoms with Crippen LogP contribution < -0.4 is 9.80 Å². The van der Waals surface area contributed by atoms with Gasteiger partial charge in [0, 0.05) is 31.2 Å². The predicted molar refractivity (Wildman–Crippen MR) is 73.8 cm³/mol. The van der Waals surface area contributed by atoms with Gasteiger partial charge in [0.2, 0.25) is 0 Å². The first kappa shape index (κ1) is 13.1. The fourth-order valence-corrected chi connectivity index (χ4v) is 3.78. The Morgan fingerprint density at radius 3 is 2.47 bits per heavy atom. The number of benzene rings is 1. The second-order valence-corrected chi connectivity index (χ2v) is 6.20. The molecular formula is C16H25FN2+2. The molecule has 19 heavy (non-hydrogen) atoms. The summed E-state index contributed by atoms with van der Waals surface area (Å²) in [5, 5.41) is 0. The van der Waals surface area contributed by atoms with E-state index in [1.165, 1.54) is 57.9 Å². The van der Waals surface area contributed by atoms with E-state index >= 15 is 0 Å². The Morgan fingerprint density at radius 2 is 1.79 bits per heavy atom. The number of rotatable bonds is 3. The van der Waals surface area contributed by atoms with E-state index in [2.05, 4.69) is 0 Å². The molecule has 3 heteroatoms. The molecule has 1 aromatic rings. The molecule has 2 nitrogen and oxygen atoms in total. The summed E-state index contributed by atoms with van der Waals surface area (Å²) in [6.07, 6.45) is 5.54. The standard InChI is InChI=1S/C16H23FN2/c17-15-5-3-4-14(12-15)13-18-10-6-16(7-11-18)19-8-1-2-9-19/h3-5,12,16H,1-2,6-11,13H2/p+2. The molecule has 0 bridgehead atoms. The van der Waals surface area contributed by atoms with Gasteiger partial charge in [-0.2, -0.15) is 0 Å². The van der Waals surface area contributed by atoms with Crippen LogP contribution in [0.2, 0.25) is 0 Å². The topological polar surface area (TPSA) is 8.88 Å². The first-order valence-corrected chi connectivity index (χ1v) is 7.74. The van der Waals surface area contributed by atoms with Crippen molar-refractivity contribution in [2.45, 2.75) is 38.3 Å². The Morgan fingerprint density at radius 1 is 1.05 bits per heavy atom. The van der Waals surface area contributed by atoms with Crippen LogP contribution in [0.15, 0.2) is 24.3 Å². The highest BCUT2D eigenvalue weighted by Gasteiger charge is 2.31. The average molecular weight is 264 g/mol. The molecule has 0 aliphatic carbocycles. The number of hydrogen-bond acceptors (Lipinski definition) is 0. The molecule has 0 radical (unpaired) electrons. The molecule has 2 N–H and O–H groups in total. The minimum atomic E-state index is -0.103. The van der Waals surface area contributed by atoms with Crippen molar-refractivity contribution < 1.29 is 14.2 Å². The van der Waals surface area contributed by atoms with Crippen molar-refractivity contribution in [3.8, 4) is 0 Å². The molecule has 0 atom stereocenters. The van der Waals surface area contributed by atoms with Crippen LogP contribution in [0.4, 0.5) is 4.39 Å². The van der Waals surface area contributed by atoms with Gasteiger partial charge in [-0.25, -0.2) is 4.39 Å². The quantitative estimate of drug-likeness (QED) is 0.763. The van der Waals surface area contributed by atoms with Gasteiger partial charge >= 0.3 is 0 Å². The van der Waals surface area contributed by atoms with E-state index in [1.807, 2.05) is 17.0 Å². The van der Waals surface area contributed by atoms with Gasteiger partial charge < -0.3 is 9.80 Å². The summed E-state index contributed by atoms with van der Waals surface area (Å²) < 4.78 is 13.2. The van der Waals surface area contributed by atoms with Gasteiger partial charge in [-0.05, 0) is 12.1 Å². The van der Waals surface area contributed by atoms with Crippen LogP contribution in [0.25, 0.3) is 0 Å². The predicted octanol–water partition coefficient (Wildman–Crippen LogP) is 0.0517. The summed E-state index contributed by atoms with van der Waals surface area (Å²) >= 11 is 0. The summed E-state index contributed by atoms with van der Waals surface area (Å²) in [5.41, 5.74) is 1.14. The number of hydrogen-bond donors (Lipinski definition) is 2. The van der Waals surface area contributed by atoms with Crippen LogP contribution in [0.5, 0.6) is 0 Å². The summed E-state index contributed by atoms with van der Waals surface area (Å²) in [7, 11) is 0. The van der Waals surface area contributed by atoms with Gasteiger partial charge in [-0.3, -0.25) is 0 Å². The van der Waals surface area contributed by atoms with E-state index in [0.717, 1.165) is 18.2 Å². The highest BCUT2D eigenvalue weighted by Crippen LogP contribution is 2.04. The van der Waals surface area contributed by atoms with Gasteiger partial charge in [0.05, 0.1) is 32.2 Å². The van der Waals surface area contributed by atoms with E-state index in [-0.39, 0.29) is 5.82 Å². The second-order valence-electron chi connectivity index (χ2n) is 6.20. The third-order valence-electron chi connectivity index (χ3n) is 4.86. The fraction of sp³-hybridized carbons (Fsp3) is 0.625. The molecule has 104 valence electrons. The molecule has 0 spiro atoms. The molecule has 3 rings (SSSR count). The van der Waals surface area contributed by atoms with Gasteiger partial charge in [0.15, 0.2) is 0 Å². The summed E-state index contributed by atoms with van der Waals surface area (Å²) in [5.74, 6) is -0.103. The number of nitrogens with one attached hydrogen (secondary N) is 2. The normalized spacial score (nSPS) is 28.7. The monoisotopic (exact) mass is 264 g/mol. The number of quaternary nitrogens is 2. The fourth-order valence-electron chi connectivity index (χ4n) is 3.78. The minimum Gasteiger partial charge on any atom is -0.332 e. The van der Waals surface area contributed by atoms with Crippen LogP contribution >= 0.6 is 0 Å². The zero-order chi connectivity index (χ0) is 13.1. The Bertz CT molecular complexity index is 407. The average Bonchev–Trinajstić information content (AvgIpc) is 2.94. The maximum absolute atomic E-state index is 13.2. The van der Waals surface area contributed by atoms with Gasteiger partial charge in [-0.1, -0.05) is 12.1 Å². The lowest BCUT2D eigenvalue weighted by Crippen LogP contribution is -3.19. The number of piperidine rings is 1. The Labute approximate surface area is 115 Å². The SMILES string of the molecule is Fc1cccc(C[NH+]2CCC([NH+]3CCCC3)CC2)c1. The maximum atomic E-state index is 13.2. The van der Waals surface area contributed by atoms with Crippen molar-refractivity contribution in [3.05, 3.63) is 35.6 Å². The van der Waals surface area contributed by atoms with E-state index in [9.17, 15) is 4.39 Å². The summed E-state index contributed by atoms with van der Waals surface area (Å²) in [6, 6.07) is 7.99. The van der Waals surface area contributed by atoms with Crippen molar-refractivity contribution in [2.75, 3.05) is 26.2 Å². The first-order chi connectivity index (χ1) is 9.31. The highest BCUT2D eigenvalue weighted by atomic mass is 19.1. The molecule has 2 saturated heterocycles. The van der Waals surface area contributed by atoms with Gasteiger partial charge in [-0.15, -0.1) is 0 Å². The lowest BCUT2D eigenvalue weighted by molar-refractivity contribution is -0.957. The zero-order valence-corrected chi connectivity index (χ0v) is 11.6. The van der Waals surface area contributed by atoms with Crippen LogP contribution in [-0.2, 0) is 6.54 Å². The van der Waals surface area contributed by atoms with Crippen molar-refractivity contribution in [2.24, 2.45) is 0 Å². The van der Waals surface area contributed by atoms with Crippen molar-refractivity contribution in [1.29, 1.82) is 0 Å². The van der Waals surface area contributed by atoms with Crippen LogP contribution in [0.3, 0.4) is 0 Å². The van der Waals surface area contributed by atoms with Crippen LogP contribution in [0.1, 0.15) is 31.2 Å². The van der Waals surface area contributed by atoms with E-state index in [4.69, 9.17) is 0 Å². The smallest absolute Gasteiger partial charge is 0.123 e. The largest absolute Gasteiger partial charge is 0.332 e. The second kappa shape index (κ2) is 6.02. The minimum absolute atomic E-state index is 0.103. The lowest BCUT2D eigenvalue weighted by atomic mass is 10.0. The number of halogens is 1. The van der Waals surface area contributed by atoms with Crippen molar-refractivity contribution in [1.82, 2.24) is 0 Å². The molecule has 0 aromatic heterocycles. The van der Waals surface area contributed by atoms with Crippen LogP contribution in [0, 0.1) is 5.82 Å². The third kappa shape index (κ3) is 3.34. The Kier molecular flexibility index (Phi) is 4.14. The van der Waals surface area contributed by atoms with Crippen LogP contribution in [-0.4, -0.2) is 32.2 Å². The van der Waals surface area contributed by atoms with Crippen molar-refractivity contribution >= 4 is 0 Å². The molecule has 0 saturated carbocycles. The molecular weight excluding hydrogens is 239 g/mol. The Balaban J connectivity index is 1.50.